The van der Waals surface area contributed by atoms with E-state index < -0.39 is 10.0 Å². The van der Waals surface area contributed by atoms with E-state index in [1.807, 2.05) is 26.0 Å². The minimum absolute atomic E-state index is 0.106. The van der Waals surface area contributed by atoms with Crippen molar-refractivity contribution in [2.75, 3.05) is 25.0 Å². The molecular weight excluding hydrogens is 286 g/mol. The van der Waals surface area contributed by atoms with Crippen LogP contribution >= 0.6 is 0 Å². The van der Waals surface area contributed by atoms with Crippen LogP contribution in [0.4, 0.5) is 5.69 Å². The van der Waals surface area contributed by atoms with Gasteiger partial charge in [-0.1, -0.05) is 0 Å². The number of likely N-dealkylation sites (N-methyl/N-ethyl adjacent to an activating group) is 1. The van der Waals surface area contributed by atoms with Gasteiger partial charge in [0.15, 0.2) is 0 Å². The van der Waals surface area contributed by atoms with Crippen molar-refractivity contribution in [2.45, 2.75) is 43.7 Å². The van der Waals surface area contributed by atoms with Crippen molar-refractivity contribution in [2.24, 2.45) is 0 Å². The van der Waals surface area contributed by atoms with E-state index in [-0.39, 0.29) is 6.04 Å². The van der Waals surface area contributed by atoms with Gasteiger partial charge >= 0.3 is 0 Å². The molecule has 1 atom stereocenters. The van der Waals surface area contributed by atoms with Gasteiger partial charge in [0.25, 0.3) is 0 Å². The van der Waals surface area contributed by atoms with Gasteiger partial charge in [-0.25, -0.2) is 13.1 Å². The van der Waals surface area contributed by atoms with Crippen LogP contribution in [0.5, 0.6) is 0 Å². The van der Waals surface area contributed by atoms with Crippen LogP contribution in [0, 0.1) is 0 Å². The second-order valence-electron chi connectivity index (χ2n) is 5.88. The second-order valence-corrected chi connectivity index (χ2v) is 7.59. The highest BCUT2D eigenvalue weighted by Crippen LogP contribution is 2.21. The summed E-state index contributed by atoms with van der Waals surface area (Å²) in [5, 5.41) is 3.40. The minimum Gasteiger partial charge on any atom is -0.370 e. The lowest BCUT2D eigenvalue weighted by Gasteiger charge is -2.33. The summed E-state index contributed by atoms with van der Waals surface area (Å²) in [5.74, 6) is 0. The van der Waals surface area contributed by atoms with E-state index in [0.717, 1.165) is 18.8 Å². The normalized spacial score (nSPS) is 19.7. The molecule has 118 valence electrons. The summed E-state index contributed by atoms with van der Waals surface area (Å²) >= 11 is 0. The molecule has 1 unspecified atom stereocenters. The molecule has 0 spiro atoms. The maximum absolute atomic E-state index is 12.1. The number of nitrogens with zero attached hydrogens (tertiary/aromatic N) is 1. The van der Waals surface area contributed by atoms with Crippen LogP contribution < -0.4 is 14.9 Å². The van der Waals surface area contributed by atoms with Crippen molar-refractivity contribution in [3.8, 4) is 0 Å². The Balaban J connectivity index is 2.11. The van der Waals surface area contributed by atoms with E-state index in [9.17, 15) is 8.42 Å². The maximum Gasteiger partial charge on any atom is 0.240 e. The number of rotatable bonds is 5. The van der Waals surface area contributed by atoms with Crippen molar-refractivity contribution in [3.63, 3.8) is 0 Å². The van der Waals surface area contributed by atoms with Crippen molar-refractivity contribution in [1.82, 2.24) is 10.0 Å². The average molecular weight is 311 g/mol. The summed E-state index contributed by atoms with van der Waals surface area (Å²) in [7, 11) is -1.34. The van der Waals surface area contributed by atoms with Gasteiger partial charge in [0.1, 0.15) is 0 Å². The zero-order chi connectivity index (χ0) is 15.5. The molecule has 21 heavy (non-hydrogen) atoms. The molecule has 1 aliphatic heterocycles. The number of hydrogen-bond donors (Lipinski definition) is 2. The Bertz CT molecular complexity index is 549. The van der Waals surface area contributed by atoms with Crippen molar-refractivity contribution in [1.29, 1.82) is 0 Å². The molecular formula is C15H25N3O2S. The van der Waals surface area contributed by atoms with Gasteiger partial charge in [0.2, 0.25) is 10.0 Å². The molecule has 0 saturated carbocycles. The number of hydrogen-bond acceptors (Lipinski definition) is 4. The van der Waals surface area contributed by atoms with Crippen LogP contribution in [0.2, 0.25) is 0 Å². The number of benzene rings is 1. The summed E-state index contributed by atoms with van der Waals surface area (Å²) < 4.78 is 26.8. The number of anilines is 1. The van der Waals surface area contributed by atoms with Crippen LogP contribution in [-0.4, -0.2) is 40.6 Å². The minimum atomic E-state index is -3.41. The number of sulfonamides is 1. The molecule has 1 aromatic carbocycles. The fourth-order valence-corrected chi connectivity index (χ4v) is 3.86. The average Bonchev–Trinajstić information content (AvgIpc) is 2.46. The maximum atomic E-state index is 12.1. The molecule has 5 nitrogen and oxygen atoms in total. The quantitative estimate of drug-likeness (QED) is 0.866. The first-order valence-corrected chi connectivity index (χ1v) is 8.94. The Morgan fingerprint density at radius 2 is 1.95 bits per heavy atom. The Hall–Kier alpha value is -1.11. The van der Waals surface area contributed by atoms with Gasteiger partial charge in [-0.2, -0.15) is 0 Å². The molecule has 1 saturated heterocycles. The third-order valence-electron chi connectivity index (χ3n) is 3.76. The van der Waals surface area contributed by atoms with Crippen LogP contribution in [0.15, 0.2) is 29.2 Å². The van der Waals surface area contributed by atoms with Crippen molar-refractivity contribution >= 4 is 15.7 Å². The second kappa shape index (κ2) is 6.77. The molecule has 0 bridgehead atoms. The van der Waals surface area contributed by atoms with E-state index in [0.29, 0.717) is 10.9 Å². The molecule has 1 fully saturated rings. The fraction of sp³-hybridized carbons (Fsp3) is 0.600. The molecule has 1 heterocycles. The third kappa shape index (κ3) is 4.18. The lowest BCUT2D eigenvalue weighted by molar-refractivity contribution is 0.445. The highest BCUT2D eigenvalue weighted by Gasteiger charge is 2.19. The Labute approximate surface area is 127 Å². The first kappa shape index (κ1) is 16.3. The molecule has 2 rings (SSSR count). The topological polar surface area (TPSA) is 61.4 Å². The Morgan fingerprint density at radius 1 is 1.29 bits per heavy atom. The van der Waals surface area contributed by atoms with Crippen LogP contribution in [0.25, 0.3) is 0 Å². The molecule has 0 amide bonds. The molecule has 6 heteroatoms. The summed E-state index contributed by atoms with van der Waals surface area (Å²) in [6, 6.07) is 7.47. The lowest BCUT2D eigenvalue weighted by atomic mass is 10.1. The van der Waals surface area contributed by atoms with Crippen LogP contribution in [0.3, 0.4) is 0 Å². The van der Waals surface area contributed by atoms with E-state index in [1.165, 1.54) is 12.8 Å². The third-order valence-corrected chi connectivity index (χ3v) is 5.44. The Morgan fingerprint density at radius 3 is 2.48 bits per heavy atom. The predicted octanol–water partition coefficient (Wildman–Crippen LogP) is 1.56. The summed E-state index contributed by atoms with van der Waals surface area (Å²) in [6.45, 7) is 5.69. The van der Waals surface area contributed by atoms with Crippen molar-refractivity contribution < 1.29 is 8.42 Å². The number of piperidine rings is 1. The SMILES string of the molecule is CC(C)NS(=O)(=O)c1ccc(N(C)C2CCCNC2)cc1. The van der Waals surface area contributed by atoms with Crippen LogP contribution in [0.1, 0.15) is 26.7 Å². The molecule has 0 aromatic heterocycles. The van der Waals surface area contributed by atoms with Gasteiger partial charge in [-0.15, -0.1) is 0 Å². The van der Waals surface area contributed by atoms with E-state index in [2.05, 4.69) is 22.0 Å². The predicted molar refractivity (Wildman–Crippen MR) is 86.2 cm³/mol. The van der Waals surface area contributed by atoms with Gasteiger partial charge in [0, 0.05) is 31.4 Å². The summed E-state index contributed by atoms with van der Waals surface area (Å²) in [4.78, 5) is 2.54. The summed E-state index contributed by atoms with van der Waals surface area (Å²) in [6.07, 6.45) is 2.35. The molecule has 2 N–H and O–H groups in total. The molecule has 0 radical (unpaired) electrons. The highest BCUT2D eigenvalue weighted by molar-refractivity contribution is 7.89. The highest BCUT2D eigenvalue weighted by atomic mass is 32.2. The Kier molecular flexibility index (Phi) is 5.24. The van der Waals surface area contributed by atoms with Gasteiger partial charge in [-0.3, -0.25) is 0 Å². The monoisotopic (exact) mass is 311 g/mol. The lowest BCUT2D eigenvalue weighted by Crippen LogP contribution is -2.44. The molecule has 1 aromatic rings. The van der Waals surface area contributed by atoms with E-state index in [1.54, 1.807) is 12.1 Å². The molecule has 0 aliphatic carbocycles. The van der Waals surface area contributed by atoms with Gasteiger partial charge < -0.3 is 10.2 Å². The van der Waals surface area contributed by atoms with E-state index >= 15 is 0 Å². The van der Waals surface area contributed by atoms with Gasteiger partial charge in [0.05, 0.1) is 4.90 Å². The zero-order valence-electron chi connectivity index (χ0n) is 13.0. The summed E-state index contributed by atoms with van der Waals surface area (Å²) in [5.41, 5.74) is 1.05. The first-order valence-electron chi connectivity index (χ1n) is 7.46. The van der Waals surface area contributed by atoms with Gasteiger partial charge in [-0.05, 0) is 57.5 Å². The standard InChI is InChI=1S/C15H25N3O2S/c1-12(2)17-21(19,20)15-8-6-13(7-9-15)18(3)14-5-4-10-16-11-14/h6-9,12,14,16-17H,4-5,10-11H2,1-3H3. The fourth-order valence-electron chi connectivity index (χ4n) is 2.61. The first-order chi connectivity index (χ1) is 9.90. The van der Waals surface area contributed by atoms with Crippen LogP contribution in [-0.2, 0) is 10.0 Å². The largest absolute Gasteiger partial charge is 0.370 e. The molecule has 1 aliphatic rings. The zero-order valence-corrected chi connectivity index (χ0v) is 13.8. The van der Waals surface area contributed by atoms with Crippen molar-refractivity contribution in [3.05, 3.63) is 24.3 Å². The van der Waals surface area contributed by atoms with E-state index in [4.69, 9.17) is 0 Å². The number of nitrogens with one attached hydrogen (secondary N) is 2. The smallest absolute Gasteiger partial charge is 0.240 e.